The topological polar surface area (TPSA) is 74.6 Å². The van der Waals surface area contributed by atoms with Gasteiger partial charge in [-0.05, 0) is 24.7 Å². The van der Waals surface area contributed by atoms with Crippen molar-refractivity contribution >= 4 is 13.3 Å². The Morgan fingerprint density at radius 1 is 1.44 bits per heavy atom. The van der Waals surface area contributed by atoms with Gasteiger partial charge in [-0.15, -0.1) is 0 Å². The van der Waals surface area contributed by atoms with Crippen LogP contribution >= 0.6 is 7.37 Å². The predicted molar refractivity (Wildman–Crippen MR) is 72.1 cm³/mol. The molecule has 1 unspecified atom stereocenters. The monoisotopic (exact) mass is 274 g/mol. The number of rotatable bonds is 8. The SMILES string of the molecule is CC(C)CP(=O)(O)C/C(=C\CCC1CC1)C(=O)O. The number of carboxylic acid groups (broad SMARTS) is 1. The van der Waals surface area contributed by atoms with Gasteiger partial charge < -0.3 is 10.00 Å². The Hall–Kier alpha value is -0.600. The van der Waals surface area contributed by atoms with Crippen LogP contribution in [0.25, 0.3) is 0 Å². The molecule has 1 fully saturated rings. The van der Waals surface area contributed by atoms with E-state index in [1.54, 1.807) is 6.08 Å². The maximum Gasteiger partial charge on any atom is 0.331 e. The highest BCUT2D eigenvalue weighted by Gasteiger charge is 2.25. The number of carbonyl (C=O) groups is 1. The molecule has 0 spiro atoms. The third-order valence-electron chi connectivity index (χ3n) is 3.01. The first-order chi connectivity index (χ1) is 8.30. The van der Waals surface area contributed by atoms with Gasteiger partial charge in [-0.3, -0.25) is 4.57 Å². The lowest BCUT2D eigenvalue weighted by Gasteiger charge is -2.14. The van der Waals surface area contributed by atoms with Gasteiger partial charge in [-0.25, -0.2) is 4.79 Å². The molecule has 1 aliphatic carbocycles. The molecule has 1 saturated carbocycles. The lowest BCUT2D eigenvalue weighted by Crippen LogP contribution is -2.09. The van der Waals surface area contributed by atoms with Crippen LogP contribution in [0, 0.1) is 11.8 Å². The molecular formula is C13H23O4P. The Balaban J connectivity index is 2.54. The minimum absolute atomic E-state index is 0.0992. The van der Waals surface area contributed by atoms with Crippen molar-refractivity contribution in [3.63, 3.8) is 0 Å². The molecule has 0 saturated heterocycles. The Morgan fingerprint density at radius 2 is 2.06 bits per heavy atom. The summed E-state index contributed by atoms with van der Waals surface area (Å²) in [5.41, 5.74) is 0.0992. The van der Waals surface area contributed by atoms with Gasteiger partial charge in [-0.1, -0.05) is 32.8 Å². The summed E-state index contributed by atoms with van der Waals surface area (Å²) in [5, 5.41) is 9.05. The molecule has 1 rings (SSSR count). The average molecular weight is 274 g/mol. The minimum Gasteiger partial charge on any atom is -0.478 e. The van der Waals surface area contributed by atoms with Crippen molar-refractivity contribution in [1.29, 1.82) is 0 Å². The zero-order chi connectivity index (χ0) is 13.8. The van der Waals surface area contributed by atoms with Gasteiger partial charge in [0.1, 0.15) is 0 Å². The fourth-order valence-corrected chi connectivity index (χ4v) is 4.09. The molecule has 18 heavy (non-hydrogen) atoms. The summed E-state index contributed by atoms with van der Waals surface area (Å²) < 4.78 is 11.9. The van der Waals surface area contributed by atoms with E-state index in [0.29, 0.717) is 6.42 Å². The fraction of sp³-hybridized carbons (Fsp3) is 0.769. The zero-order valence-electron chi connectivity index (χ0n) is 11.1. The van der Waals surface area contributed by atoms with E-state index in [1.807, 2.05) is 13.8 Å². The van der Waals surface area contributed by atoms with Gasteiger partial charge in [0.05, 0.1) is 6.16 Å². The molecule has 0 aromatic rings. The van der Waals surface area contributed by atoms with Gasteiger partial charge in [0.25, 0.3) is 0 Å². The molecule has 2 N–H and O–H groups in total. The third kappa shape index (κ3) is 6.36. The van der Waals surface area contributed by atoms with E-state index in [0.717, 1.165) is 12.3 Å². The van der Waals surface area contributed by atoms with E-state index in [1.165, 1.54) is 12.8 Å². The van der Waals surface area contributed by atoms with Crippen LogP contribution in [0.4, 0.5) is 0 Å². The molecule has 0 aromatic heterocycles. The summed E-state index contributed by atoms with van der Waals surface area (Å²) in [4.78, 5) is 20.8. The molecule has 0 radical (unpaired) electrons. The van der Waals surface area contributed by atoms with Crippen LogP contribution in [-0.2, 0) is 9.36 Å². The van der Waals surface area contributed by atoms with E-state index in [2.05, 4.69) is 0 Å². The van der Waals surface area contributed by atoms with Crippen LogP contribution in [0.1, 0.15) is 39.5 Å². The largest absolute Gasteiger partial charge is 0.478 e. The summed E-state index contributed by atoms with van der Waals surface area (Å²) >= 11 is 0. The van der Waals surface area contributed by atoms with Gasteiger partial charge in [0.15, 0.2) is 0 Å². The molecule has 0 aliphatic heterocycles. The first kappa shape index (κ1) is 15.5. The third-order valence-corrected chi connectivity index (χ3v) is 5.14. The maximum atomic E-state index is 11.9. The Kier molecular flexibility index (Phi) is 5.61. The average Bonchev–Trinajstić information content (AvgIpc) is 2.97. The standard InChI is InChI=1S/C13H23O4P/c1-10(2)8-18(16,17)9-12(13(14)15)5-3-4-11-6-7-11/h5,10-11H,3-4,6-9H2,1-2H3,(H,14,15)(H,16,17)/b12-5+. The fourth-order valence-electron chi connectivity index (χ4n) is 2.02. The van der Waals surface area contributed by atoms with Crippen LogP contribution < -0.4 is 0 Å². The molecule has 4 nitrogen and oxygen atoms in total. The number of carboxylic acids is 1. The van der Waals surface area contributed by atoms with Gasteiger partial charge >= 0.3 is 5.97 Å². The Bertz CT molecular complexity index is 369. The number of aliphatic carboxylic acids is 1. The molecule has 0 aromatic carbocycles. The van der Waals surface area contributed by atoms with Crippen molar-refractivity contribution in [3.05, 3.63) is 11.6 Å². The van der Waals surface area contributed by atoms with Crippen molar-refractivity contribution in [3.8, 4) is 0 Å². The summed E-state index contributed by atoms with van der Waals surface area (Å²) in [6, 6.07) is 0. The predicted octanol–water partition coefficient (Wildman–Crippen LogP) is 3.11. The molecular weight excluding hydrogens is 251 g/mol. The zero-order valence-corrected chi connectivity index (χ0v) is 12.0. The Morgan fingerprint density at radius 3 is 2.50 bits per heavy atom. The van der Waals surface area contributed by atoms with Crippen LogP contribution in [0.5, 0.6) is 0 Å². The highest BCUT2D eigenvalue weighted by Crippen LogP contribution is 2.44. The first-order valence-corrected chi connectivity index (χ1v) is 8.56. The van der Waals surface area contributed by atoms with Crippen molar-refractivity contribution in [2.45, 2.75) is 39.5 Å². The van der Waals surface area contributed by atoms with Crippen LogP contribution in [0.2, 0.25) is 0 Å². The maximum absolute atomic E-state index is 11.9. The normalized spacial score (nSPS) is 19.9. The Labute approximate surface area is 109 Å². The van der Waals surface area contributed by atoms with E-state index in [-0.39, 0.29) is 23.8 Å². The summed E-state index contributed by atoms with van der Waals surface area (Å²) in [6.45, 7) is 3.72. The second-order valence-corrected chi connectivity index (χ2v) is 8.01. The highest BCUT2D eigenvalue weighted by molar-refractivity contribution is 7.58. The quantitative estimate of drug-likeness (QED) is 0.527. The molecule has 0 amide bonds. The summed E-state index contributed by atoms with van der Waals surface area (Å²) in [6.07, 6.45) is 5.78. The number of hydrogen-bond donors (Lipinski definition) is 2. The smallest absolute Gasteiger partial charge is 0.331 e. The van der Waals surface area contributed by atoms with Gasteiger partial charge in [0, 0.05) is 11.7 Å². The minimum atomic E-state index is -3.36. The van der Waals surface area contributed by atoms with E-state index < -0.39 is 13.3 Å². The molecule has 104 valence electrons. The number of allylic oxidation sites excluding steroid dienone is 1. The van der Waals surface area contributed by atoms with E-state index in [4.69, 9.17) is 5.11 Å². The van der Waals surface area contributed by atoms with E-state index >= 15 is 0 Å². The number of hydrogen-bond acceptors (Lipinski definition) is 2. The molecule has 5 heteroatoms. The van der Waals surface area contributed by atoms with Crippen LogP contribution in [0.3, 0.4) is 0 Å². The van der Waals surface area contributed by atoms with Gasteiger partial charge in [0.2, 0.25) is 7.37 Å². The van der Waals surface area contributed by atoms with E-state index in [9.17, 15) is 14.3 Å². The van der Waals surface area contributed by atoms with Crippen molar-refractivity contribution in [2.24, 2.45) is 11.8 Å². The van der Waals surface area contributed by atoms with Gasteiger partial charge in [-0.2, -0.15) is 0 Å². The molecule has 1 aliphatic rings. The lowest BCUT2D eigenvalue weighted by atomic mass is 10.1. The summed E-state index contributed by atoms with van der Waals surface area (Å²) in [7, 11) is -3.36. The lowest BCUT2D eigenvalue weighted by molar-refractivity contribution is -0.132. The highest BCUT2D eigenvalue weighted by atomic mass is 31.2. The second kappa shape index (κ2) is 6.53. The van der Waals surface area contributed by atoms with Crippen molar-refractivity contribution in [2.75, 3.05) is 12.3 Å². The van der Waals surface area contributed by atoms with Crippen LogP contribution in [-0.4, -0.2) is 28.3 Å². The first-order valence-electron chi connectivity index (χ1n) is 6.53. The summed E-state index contributed by atoms with van der Waals surface area (Å²) in [5.74, 6) is -0.223. The van der Waals surface area contributed by atoms with Crippen LogP contribution in [0.15, 0.2) is 11.6 Å². The molecule has 0 heterocycles. The molecule has 1 atom stereocenters. The second-order valence-electron chi connectivity index (χ2n) is 5.64. The molecule has 0 bridgehead atoms. The van der Waals surface area contributed by atoms with Crippen molar-refractivity contribution < 1.29 is 19.4 Å². The van der Waals surface area contributed by atoms with Crippen molar-refractivity contribution in [1.82, 2.24) is 0 Å².